The molecule has 8 nitrogen and oxygen atoms in total. The van der Waals surface area contributed by atoms with Gasteiger partial charge in [0, 0.05) is 28.7 Å². The highest BCUT2D eigenvalue weighted by Crippen LogP contribution is 2.41. The summed E-state index contributed by atoms with van der Waals surface area (Å²) in [4.78, 5) is 12.8. The Labute approximate surface area is 174 Å². The summed E-state index contributed by atoms with van der Waals surface area (Å²) in [5.74, 6) is 0.862. The van der Waals surface area contributed by atoms with Crippen LogP contribution in [0.1, 0.15) is 13.3 Å². The van der Waals surface area contributed by atoms with Crippen molar-refractivity contribution >= 4 is 39.1 Å². The number of methoxy groups -OCH3 is 3. The Morgan fingerprint density at radius 3 is 2.31 bits per heavy atom. The Morgan fingerprint density at radius 2 is 1.72 bits per heavy atom. The molecule has 2 aromatic carbocycles. The zero-order chi connectivity index (χ0) is 21.2. The SMILES string of the molecule is COc1cc(NS(=O)(=O)c2ccc3c(c2)NC(=O)C[C@@H](C)S3)cc(OC)c1OC. The number of rotatable bonds is 6. The lowest BCUT2D eigenvalue weighted by Crippen LogP contribution is -2.15. The van der Waals surface area contributed by atoms with E-state index in [1.165, 1.54) is 57.4 Å². The molecule has 1 heterocycles. The van der Waals surface area contributed by atoms with Crippen LogP contribution in [-0.2, 0) is 14.8 Å². The fourth-order valence-corrected chi connectivity index (χ4v) is 5.07. The van der Waals surface area contributed by atoms with Crippen molar-refractivity contribution in [2.75, 3.05) is 31.4 Å². The van der Waals surface area contributed by atoms with Gasteiger partial charge in [0.05, 0.1) is 37.6 Å². The van der Waals surface area contributed by atoms with Crippen LogP contribution >= 0.6 is 11.8 Å². The minimum Gasteiger partial charge on any atom is -0.493 e. The van der Waals surface area contributed by atoms with Crippen LogP contribution in [0.2, 0.25) is 0 Å². The molecule has 1 aliphatic heterocycles. The molecule has 1 atom stereocenters. The van der Waals surface area contributed by atoms with Crippen LogP contribution < -0.4 is 24.2 Å². The van der Waals surface area contributed by atoms with Gasteiger partial charge in [0.25, 0.3) is 10.0 Å². The monoisotopic (exact) mass is 438 g/mol. The first-order valence-corrected chi connectivity index (χ1v) is 11.1. The maximum atomic E-state index is 12.9. The Morgan fingerprint density at radius 1 is 1.07 bits per heavy atom. The van der Waals surface area contributed by atoms with E-state index in [0.29, 0.717) is 29.4 Å². The van der Waals surface area contributed by atoms with Crippen molar-refractivity contribution in [2.45, 2.75) is 28.4 Å². The van der Waals surface area contributed by atoms with E-state index in [0.717, 1.165) is 4.90 Å². The average Bonchev–Trinajstić information content (AvgIpc) is 2.82. The summed E-state index contributed by atoms with van der Waals surface area (Å²) in [6, 6.07) is 7.67. The number of anilines is 2. The van der Waals surface area contributed by atoms with Crippen molar-refractivity contribution in [3.05, 3.63) is 30.3 Å². The quantitative estimate of drug-likeness (QED) is 0.713. The van der Waals surface area contributed by atoms with Gasteiger partial charge in [-0.15, -0.1) is 11.8 Å². The largest absolute Gasteiger partial charge is 0.493 e. The van der Waals surface area contributed by atoms with Crippen LogP contribution in [0.3, 0.4) is 0 Å². The Balaban J connectivity index is 1.96. The van der Waals surface area contributed by atoms with Gasteiger partial charge < -0.3 is 19.5 Å². The molecule has 10 heteroatoms. The highest BCUT2D eigenvalue weighted by molar-refractivity contribution is 8.00. The van der Waals surface area contributed by atoms with E-state index in [1.54, 1.807) is 6.07 Å². The molecule has 1 amide bonds. The number of carbonyl (C=O) groups excluding carboxylic acids is 1. The molecule has 1 aliphatic rings. The predicted molar refractivity (Wildman–Crippen MR) is 112 cm³/mol. The van der Waals surface area contributed by atoms with Gasteiger partial charge in [0.15, 0.2) is 11.5 Å². The third-order valence-corrected chi connectivity index (χ3v) is 6.81. The van der Waals surface area contributed by atoms with Gasteiger partial charge in [-0.25, -0.2) is 8.42 Å². The van der Waals surface area contributed by atoms with E-state index >= 15 is 0 Å². The van der Waals surface area contributed by atoms with E-state index in [2.05, 4.69) is 10.0 Å². The van der Waals surface area contributed by atoms with Gasteiger partial charge >= 0.3 is 0 Å². The molecule has 0 aromatic heterocycles. The first-order chi connectivity index (χ1) is 13.8. The Hall–Kier alpha value is -2.59. The molecular weight excluding hydrogens is 416 g/mol. The molecule has 0 saturated carbocycles. The van der Waals surface area contributed by atoms with Crippen LogP contribution in [0.4, 0.5) is 11.4 Å². The van der Waals surface area contributed by atoms with Crippen molar-refractivity contribution in [2.24, 2.45) is 0 Å². The minimum absolute atomic E-state index is 0.0282. The van der Waals surface area contributed by atoms with E-state index in [-0.39, 0.29) is 21.7 Å². The normalized spacial score (nSPS) is 16.3. The predicted octanol–water partition coefficient (Wildman–Crippen LogP) is 3.34. The fraction of sp³-hybridized carbons (Fsp3) is 0.316. The number of sulfonamides is 1. The molecule has 0 fully saturated rings. The van der Waals surface area contributed by atoms with Gasteiger partial charge in [0.1, 0.15) is 0 Å². The molecule has 0 saturated heterocycles. The Kier molecular flexibility index (Phi) is 6.13. The number of hydrogen-bond donors (Lipinski definition) is 2. The first kappa shape index (κ1) is 21.1. The highest BCUT2D eigenvalue weighted by atomic mass is 32.2. The number of thioether (sulfide) groups is 1. The number of amides is 1. The van der Waals surface area contributed by atoms with Crippen molar-refractivity contribution in [3.63, 3.8) is 0 Å². The summed E-state index contributed by atoms with van der Waals surface area (Å²) in [5.41, 5.74) is 0.735. The number of benzene rings is 2. The summed E-state index contributed by atoms with van der Waals surface area (Å²) < 4.78 is 44.1. The second-order valence-electron chi connectivity index (χ2n) is 6.36. The van der Waals surface area contributed by atoms with E-state index < -0.39 is 10.0 Å². The lowest BCUT2D eigenvalue weighted by molar-refractivity contribution is -0.116. The highest BCUT2D eigenvalue weighted by Gasteiger charge is 2.23. The molecule has 156 valence electrons. The lowest BCUT2D eigenvalue weighted by Gasteiger charge is -2.16. The molecule has 0 radical (unpaired) electrons. The van der Waals surface area contributed by atoms with Gasteiger partial charge in [-0.2, -0.15) is 0 Å². The summed E-state index contributed by atoms with van der Waals surface area (Å²) in [6.07, 6.45) is 0.366. The summed E-state index contributed by atoms with van der Waals surface area (Å²) in [7, 11) is 0.439. The average molecular weight is 439 g/mol. The van der Waals surface area contributed by atoms with Crippen molar-refractivity contribution in [3.8, 4) is 17.2 Å². The van der Waals surface area contributed by atoms with Crippen LogP contribution in [-0.4, -0.2) is 40.9 Å². The molecule has 0 aliphatic carbocycles. The minimum atomic E-state index is -3.92. The third-order valence-electron chi connectivity index (χ3n) is 4.25. The van der Waals surface area contributed by atoms with Gasteiger partial charge in [0.2, 0.25) is 11.7 Å². The number of carbonyl (C=O) groups is 1. The van der Waals surface area contributed by atoms with Gasteiger partial charge in [-0.1, -0.05) is 6.92 Å². The van der Waals surface area contributed by atoms with E-state index in [9.17, 15) is 13.2 Å². The van der Waals surface area contributed by atoms with Gasteiger partial charge in [-0.05, 0) is 18.2 Å². The summed E-state index contributed by atoms with van der Waals surface area (Å²) in [6.45, 7) is 1.95. The van der Waals surface area contributed by atoms with Crippen molar-refractivity contribution < 1.29 is 27.4 Å². The van der Waals surface area contributed by atoms with Crippen LogP contribution in [0.5, 0.6) is 17.2 Å². The smallest absolute Gasteiger partial charge is 0.261 e. The number of fused-ring (bicyclic) bond motifs is 1. The first-order valence-electron chi connectivity index (χ1n) is 8.70. The second-order valence-corrected chi connectivity index (χ2v) is 9.52. The van der Waals surface area contributed by atoms with Crippen LogP contribution in [0, 0.1) is 0 Å². The summed E-state index contributed by atoms with van der Waals surface area (Å²) in [5, 5.41) is 2.88. The fourth-order valence-electron chi connectivity index (χ4n) is 2.95. The van der Waals surface area contributed by atoms with Crippen LogP contribution in [0.15, 0.2) is 40.1 Å². The molecule has 0 unspecified atom stereocenters. The maximum absolute atomic E-state index is 12.9. The maximum Gasteiger partial charge on any atom is 0.261 e. The van der Waals surface area contributed by atoms with Crippen molar-refractivity contribution in [1.82, 2.24) is 0 Å². The summed E-state index contributed by atoms with van der Waals surface area (Å²) >= 11 is 1.53. The van der Waals surface area contributed by atoms with E-state index in [1.807, 2.05) is 6.92 Å². The molecule has 0 spiro atoms. The van der Waals surface area contributed by atoms with Crippen LogP contribution in [0.25, 0.3) is 0 Å². The van der Waals surface area contributed by atoms with Gasteiger partial charge in [-0.3, -0.25) is 9.52 Å². The van der Waals surface area contributed by atoms with E-state index in [4.69, 9.17) is 14.2 Å². The molecule has 3 rings (SSSR count). The topological polar surface area (TPSA) is 103 Å². The molecule has 2 aromatic rings. The molecule has 2 N–H and O–H groups in total. The Bertz CT molecular complexity index is 1010. The van der Waals surface area contributed by atoms with Crippen molar-refractivity contribution in [1.29, 1.82) is 0 Å². The molecule has 29 heavy (non-hydrogen) atoms. The zero-order valence-electron chi connectivity index (χ0n) is 16.4. The standard InChI is InChI=1S/C19H22N2O6S2/c1-11-7-18(22)20-14-10-13(5-6-17(14)28-11)29(23,24)21-12-8-15(25-2)19(27-4)16(9-12)26-3/h5-6,8-11,21H,7H2,1-4H3,(H,20,22)/t11-/m1/s1. The zero-order valence-corrected chi connectivity index (χ0v) is 18.1. The number of ether oxygens (including phenoxy) is 3. The lowest BCUT2D eigenvalue weighted by atomic mass is 10.2. The number of hydrogen-bond acceptors (Lipinski definition) is 7. The number of nitrogens with one attached hydrogen (secondary N) is 2. The third kappa shape index (κ3) is 4.54. The molecule has 0 bridgehead atoms. The molecular formula is C19H22N2O6S2. The second kappa shape index (κ2) is 8.42.